The standard InChI is InChI=1S/C25H31N5O2S/c1-19-7-5-10-21(17-19)28-12-14-29(15-13-28)23(31)18-33-25-27-26-24(22-11-6-16-32-22)30(25)20-8-3-2-4-9-20/h5-7,10-11,16-17,20H,2-4,8-9,12-15,18H2,1H3. The first-order valence-electron chi connectivity index (χ1n) is 11.9. The van der Waals surface area contributed by atoms with Crippen molar-refractivity contribution in [3.8, 4) is 11.6 Å². The first-order chi connectivity index (χ1) is 16.2. The first-order valence-corrected chi connectivity index (χ1v) is 12.9. The Bertz CT molecular complexity index is 1070. The summed E-state index contributed by atoms with van der Waals surface area (Å²) in [6, 6.07) is 12.7. The van der Waals surface area contributed by atoms with Gasteiger partial charge in [0.25, 0.3) is 0 Å². The second kappa shape index (κ2) is 10.0. The Kier molecular flexibility index (Phi) is 6.71. The predicted molar refractivity (Wildman–Crippen MR) is 131 cm³/mol. The van der Waals surface area contributed by atoms with Gasteiger partial charge in [0.15, 0.2) is 10.9 Å². The van der Waals surface area contributed by atoms with Crippen molar-refractivity contribution in [2.45, 2.75) is 50.2 Å². The van der Waals surface area contributed by atoms with Crippen LogP contribution in [-0.4, -0.2) is 57.5 Å². The molecule has 0 radical (unpaired) electrons. The summed E-state index contributed by atoms with van der Waals surface area (Å²) in [4.78, 5) is 17.3. The average Bonchev–Trinajstić information content (AvgIpc) is 3.53. The molecule has 1 saturated carbocycles. The summed E-state index contributed by atoms with van der Waals surface area (Å²) >= 11 is 1.50. The van der Waals surface area contributed by atoms with Gasteiger partial charge in [-0.2, -0.15) is 0 Å². The lowest BCUT2D eigenvalue weighted by atomic mass is 9.95. The zero-order chi connectivity index (χ0) is 22.6. The van der Waals surface area contributed by atoms with Gasteiger partial charge in [-0.1, -0.05) is 43.2 Å². The minimum Gasteiger partial charge on any atom is -0.461 e. The normalized spacial score (nSPS) is 17.5. The molecule has 1 saturated heterocycles. The van der Waals surface area contributed by atoms with Crippen LogP contribution in [0.4, 0.5) is 5.69 Å². The lowest BCUT2D eigenvalue weighted by Gasteiger charge is -2.36. The van der Waals surface area contributed by atoms with Crippen molar-refractivity contribution in [1.29, 1.82) is 0 Å². The van der Waals surface area contributed by atoms with E-state index in [1.807, 2.05) is 17.0 Å². The van der Waals surface area contributed by atoms with Crippen LogP contribution in [0, 0.1) is 6.92 Å². The average molecular weight is 466 g/mol. The van der Waals surface area contributed by atoms with Crippen molar-refractivity contribution in [2.24, 2.45) is 0 Å². The second-order valence-corrected chi connectivity index (χ2v) is 9.88. The van der Waals surface area contributed by atoms with Crippen molar-refractivity contribution >= 4 is 23.4 Å². The van der Waals surface area contributed by atoms with Gasteiger partial charge in [0.05, 0.1) is 12.0 Å². The Morgan fingerprint density at radius 2 is 1.88 bits per heavy atom. The van der Waals surface area contributed by atoms with Crippen molar-refractivity contribution in [3.63, 3.8) is 0 Å². The van der Waals surface area contributed by atoms with Gasteiger partial charge >= 0.3 is 0 Å². The number of thioether (sulfide) groups is 1. The highest BCUT2D eigenvalue weighted by atomic mass is 32.2. The molecule has 1 aromatic carbocycles. The van der Waals surface area contributed by atoms with Gasteiger partial charge in [-0.05, 0) is 49.6 Å². The molecule has 2 aromatic heterocycles. The van der Waals surface area contributed by atoms with E-state index in [0.717, 1.165) is 55.8 Å². The van der Waals surface area contributed by atoms with Crippen LogP contribution in [0.2, 0.25) is 0 Å². The Hall–Kier alpha value is -2.74. The smallest absolute Gasteiger partial charge is 0.233 e. The van der Waals surface area contributed by atoms with E-state index in [1.54, 1.807) is 6.26 Å². The number of piperazine rings is 1. The fourth-order valence-corrected chi connectivity index (χ4v) is 5.78. The Labute approximate surface area is 199 Å². The quantitative estimate of drug-likeness (QED) is 0.488. The molecule has 1 aliphatic heterocycles. The fraction of sp³-hybridized carbons (Fsp3) is 0.480. The molecule has 5 rings (SSSR count). The molecule has 3 heterocycles. The van der Waals surface area contributed by atoms with E-state index < -0.39 is 0 Å². The molecule has 0 atom stereocenters. The number of nitrogens with zero attached hydrogens (tertiary/aromatic N) is 5. The molecular formula is C25H31N5O2S. The summed E-state index contributed by atoms with van der Waals surface area (Å²) in [5.41, 5.74) is 2.50. The highest BCUT2D eigenvalue weighted by Crippen LogP contribution is 2.35. The van der Waals surface area contributed by atoms with E-state index in [2.05, 4.69) is 50.9 Å². The third kappa shape index (κ3) is 4.95. The molecule has 174 valence electrons. The van der Waals surface area contributed by atoms with Crippen molar-refractivity contribution < 1.29 is 9.21 Å². The third-order valence-corrected chi connectivity index (χ3v) is 7.60. The van der Waals surface area contributed by atoms with E-state index in [-0.39, 0.29) is 5.91 Å². The molecule has 0 spiro atoms. The minimum absolute atomic E-state index is 0.168. The lowest BCUT2D eigenvalue weighted by Crippen LogP contribution is -2.49. The molecule has 0 unspecified atom stereocenters. The third-order valence-electron chi connectivity index (χ3n) is 6.67. The van der Waals surface area contributed by atoms with Crippen molar-refractivity contribution in [3.05, 3.63) is 48.2 Å². The van der Waals surface area contributed by atoms with Gasteiger partial charge in [-0.25, -0.2) is 0 Å². The number of carbonyl (C=O) groups excluding carboxylic acids is 1. The van der Waals surface area contributed by atoms with Gasteiger partial charge < -0.3 is 14.2 Å². The van der Waals surface area contributed by atoms with Gasteiger partial charge in [0.2, 0.25) is 11.7 Å². The number of aryl methyl sites for hydroxylation is 1. The number of anilines is 1. The number of hydrogen-bond donors (Lipinski definition) is 0. The summed E-state index contributed by atoms with van der Waals surface area (Å²) in [5.74, 6) is 2.06. The maximum absolute atomic E-state index is 13.0. The second-order valence-electron chi connectivity index (χ2n) is 8.94. The fourth-order valence-electron chi connectivity index (χ4n) is 4.87. The Morgan fingerprint density at radius 1 is 1.06 bits per heavy atom. The number of hydrogen-bond acceptors (Lipinski definition) is 6. The van der Waals surface area contributed by atoms with Gasteiger partial charge in [-0.15, -0.1) is 10.2 Å². The molecular weight excluding hydrogens is 434 g/mol. The van der Waals surface area contributed by atoms with E-state index in [4.69, 9.17) is 4.42 Å². The number of rotatable bonds is 6. The Morgan fingerprint density at radius 3 is 2.61 bits per heavy atom. The molecule has 2 aliphatic rings. The van der Waals surface area contributed by atoms with Crippen LogP contribution in [-0.2, 0) is 4.79 Å². The lowest BCUT2D eigenvalue weighted by molar-refractivity contribution is -0.128. The monoisotopic (exact) mass is 465 g/mol. The summed E-state index contributed by atoms with van der Waals surface area (Å²) < 4.78 is 7.84. The van der Waals surface area contributed by atoms with Crippen molar-refractivity contribution in [2.75, 3.05) is 36.8 Å². The Balaban J connectivity index is 1.23. The molecule has 0 bridgehead atoms. The minimum atomic E-state index is 0.168. The van der Waals surface area contributed by atoms with Crippen LogP contribution < -0.4 is 4.90 Å². The summed E-state index contributed by atoms with van der Waals surface area (Å²) in [6.45, 7) is 5.34. The number of amides is 1. The van der Waals surface area contributed by atoms with Crippen LogP contribution in [0.5, 0.6) is 0 Å². The largest absolute Gasteiger partial charge is 0.461 e. The topological polar surface area (TPSA) is 67.4 Å². The summed E-state index contributed by atoms with van der Waals surface area (Å²) in [5, 5.41) is 9.72. The van der Waals surface area contributed by atoms with E-state index in [1.165, 1.54) is 42.3 Å². The summed E-state index contributed by atoms with van der Waals surface area (Å²) in [7, 11) is 0. The van der Waals surface area contributed by atoms with Crippen LogP contribution in [0.1, 0.15) is 43.7 Å². The number of carbonyl (C=O) groups is 1. The van der Waals surface area contributed by atoms with Crippen molar-refractivity contribution in [1.82, 2.24) is 19.7 Å². The van der Waals surface area contributed by atoms with Crippen LogP contribution in [0.3, 0.4) is 0 Å². The van der Waals surface area contributed by atoms with Gasteiger partial charge in [0, 0.05) is 37.9 Å². The maximum Gasteiger partial charge on any atom is 0.233 e. The number of benzene rings is 1. The molecule has 33 heavy (non-hydrogen) atoms. The first kappa shape index (κ1) is 22.1. The van der Waals surface area contributed by atoms with Crippen LogP contribution in [0.25, 0.3) is 11.6 Å². The molecule has 2 fully saturated rings. The molecule has 0 N–H and O–H groups in total. The highest BCUT2D eigenvalue weighted by molar-refractivity contribution is 7.99. The molecule has 7 nitrogen and oxygen atoms in total. The molecule has 3 aromatic rings. The van der Waals surface area contributed by atoms with Crippen LogP contribution >= 0.6 is 11.8 Å². The number of furan rings is 1. The summed E-state index contributed by atoms with van der Waals surface area (Å²) in [6.07, 6.45) is 7.62. The van der Waals surface area contributed by atoms with Gasteiger partial charge in [0.1, 0.15) is 0 Å². The van der Waals surface area contributed by atoms with Crippen LogP contribution in [0.15, 0.2) is 52.2 Å². The van der Waals surface area contributed by atoms with E-state index in [0.29, 0.717) is 11.8 Å². The van der Waals surface area contributed by atoms with E-state index in [9.17, 15) is 4.79 Å². The van der Waals surface area contributed by atoms with E-state index >= 15 is 0 Å². The zero-order valence-electron chi connectivity index (χ0n) is 19.2. The molecule has 1 aliphatic carbocycles. The highest BCUT2D eigenvalue weighted by Gasteiger charge is 2.27. The number of aromatic nitrogens is 3. The molecule has 8 heteroatoms. The predicted octanol–water partition coefficient (Wildman–Crippen LogP) is 4.79. The van der Waals surface area contributed by atoms with Gasteiger partial charge in [-0.3, -0.25) is 9.36 Å². The zero-order valence-corrected chi connectivity index (χ0v) is 20.0. The SMILES string of the molecule is Cc1cccc(N2CCN(C(=O)CSc3nnc(-c4ccco4)n3C3CCCCC3)CC2)c1. The maximum atomic E-state index is 13.0. The molecule has 1 amide bonds.